The van der Waals surface area contributed by atoms with Crippen LogP contribution in [0.15, 0.2) is 18.5 Å². The lowest BCUT2D eigenvalue weighted by atomic mass is 9.71. The number of ketones is 1. The lowest BCUT2D eigenvalue weighted by Gasteiger charge is -2.31. The van der Waals surface area contributed by atoms with Gasteiger partial charge in [0.1, 0.15) is 0 Å². The molecule has 0 aromatic carbocycles. The van der Waals surface area contributed by atoms with Crippen LogP contribution in [0.25, 0.3) is 0 Å². The average Bonchev–Trinajstić information content (AvgIpc) is 2.70. The van der Waals surface area contributed by atoms with Crippen molar-refractivity contribution in [1.82, 2.24) is 4.98 Å². The molecule has 0 amide bonds. The quantitative estimate of drug-likeness (QED) is 0.715. The average molecular weight is 191 g/mol. The van der Waals surface area contributed by atoms with E-state index in [1.807, 2.05) is 18.5 Å². The number of aromatic nitrogens is 1. The highest BCUT2D eigenvalue weighted by atomic mass is 16.1. The van der Waals surface area contributed by atoms with E-state index in [9.17, 15) is 4.79 Å². The van der Waals surface area contributed by atoms with Gasteiger partial charge >= 0.3 is 0 Å². The molecule has 2 nitrogen and oxygen atoms in total. The minimum Gasteiger partial charge on any atom is -0.367 e. The first-order valence-electron chi connectivity index (χ1n) is 5.40. The lowest BCUT2D eigenvalue weighted by molar-refractivity contribution is 0.0750. The van der Waals surface area contributed by atoms with Crippen LogP contribution in [0.5, 0.6) is 0 Å². The van der Waals surface area contributed by atoms with Gasteiger partial charge in [0.25, 0.3) is 0 Å². The summed E-state index contributed by atoms with van der Waals surface area (Å²) >= 11 is 0. The Kier molecular flexibility index (Phi) is 2.44. The van der Waals surface area contributed by atoms with Gasteiger partial charge in [-0.05, 0) is 18.9 Å². The number of carbonyl (C=O) groups is 1. The van der Waals surface area contributed by atoms with Crippen LogP contribution in [0.4, 0.5) is 0 Å². The van der Waals surface area contributed by atoms with E-state index in [2.05, 4.69) is 11.9 Å². The number of aromatic amines is 1. The summed E-state index contributed by atoms with van der Waals surface area (Å²) in [5, 5.41) is 0. The number of nitrogens with one attached hydrogen (secondary N) is 1. The van der Waals surface area contributed by atoms with Crippen molar-refractivity contribution in [2.24, 2.45) is 5.41 Å². The van der Waals surface area contributed by atoms with Crippen molar-refractivity contribution >= 4 is 5.78 Å². The molecule has 0 saturated heterocycles. The molecule has 1 heterocycles. The molecule has 1 N–H and O–H groups in total. The predicted octanol–water partition coefficient (Wildman–Crippen LogP) is 3.17. The summed E-state index contributed by atoms with van der Waals surface area (Å²) in [7, 11) is 0. The van der Waals surface area contributed by atoms with E-state index >= 15 is 0 Å². The Labute approximate surface area is 84.7 Å². The molecule has 1 fully saturated rings. The fourth-order valence-corrected chi connectivity index (χ4v) is 2.37. The highest BCUT2D eigenvalue weighted by Gasteiger charge is 2.34. The number of carbonyl (C=O) groups excluding carboxylic acids is 1. The van der Waals surface area contributed by atoms with Crippen molar-refractivity contribution in [3.63, 3.8) is 0 Å². The summed E-state index contributed by atoms with van der Waals surface area (Å²) in [6.07, 6.45) is 9.42. The molecule has 0 unspecified atom stereocenters. The number of rotatable bonds is 2. The van der Waals surface area contributed by atoms with Gasteiger partial charge in [0.15, 0.2) is 5.78 Å². The Hall–Kier alpha value is -1.05. The minimum absolute atomic E-state index is 0.0968. The van der Waals surface area contributed by atoms with Crippen LogP contribution in [0.2, 0.25) is 0 Å². The molecule has 1 aromatic rings. The first kappa shape index (κ1) is 9.50. The summed E-state index contributed by atoms with van der Waals surface area (Å²) in [6, 6.07) is 1.88. The molecular formula is C12H17NO. The molecule has 0 spiro atoms. The van der Waals surface area contributed by atoms with Gasteiger partial charge < -0.3 is 4.98 Å². The molecule has 0 aliphatic heterocycles. The second kappa shape index (κ2) is 3.60. The molecule has 2 rings (SSSR count). The van der Waals surface area contributed by atoms with Crippen LogP contribution in [-0.4, -0.2) is 10.8 Å². The number of hydrogen-bond acceptors (Lipinski definition) is 1. The Bertz CT molecular complexity index is 307. The predicted molar refractivity (Wildman–Crippen MR) is 56.3 cm³/mol. The van der Waals surface area contributed by atoms with Gasteiger partial charge in [-0.3, -0.25) is 4.79 Å². The van der Waals surface area contributed by atoms with Gasteiger partial charge in [0.2, 0.25) is 0 Å². The van der Waals surface area contributed by atoms with Crippen molar-refractivity contribution in [3.8, 4) is 0 Å². The van der Waals surface area contributed by atoms with E-state index in [0.29, 0.717) is 5.78 Å². The topological polar surface area (TPSA) is 32.9 Å². The number of hydrogen-bond donors (Lipinski definition) is 1. The fraction of sp³-hybridized carbons (Fsp3) is 0.583. The summed E-state index contributed by atoms with van der Waals surface area (Å²) in [6.45, 7) is 2.11. The molecule has 1 aromatic heterocycles. The largest absolute Gasteiger partial charge is 0.367 e. The molecule has 76 valence electrons. The van der Waals surface area contributed by atoms with Crippen LogP contribution in [-0.2, 0) is 0 Å². The number of Topliss-reactive ketones (excluding diaryl/α,β-unsaturated/α-hetero) is 1. The zero-order valence-corrected chi connectivity index (χ0v) is 8.68. The van der Waals surface area contributed by atoms with Crippen molar-refractivity contribution in [3.05, 3.63) is 24.0 Å². The van der Waals surface area contributed by atoms with Gasteiger partial charge in [-0.25, -0.2) is 0 Å². The van der Waals surface area contributed by atoms with Crippen LogP contribution >= 0.6 is 0 Å². The summed E-state index contributed by atoms with van der Waals surface area (Å²) < 4.78 is 0. The molecule has 14 heavy (non-hydrogen) atoms. The molecule has 0 bridgehead atoms. The molecule has 0 atom stereocenters. The second-order valence-electron chi connectivity index (χ2n) is 4.55. The summed E-state index contributed by atoms with van der Waals surface area (Å²) in [5.41, 5.74) is 0.745. The van der Waals surface area contributed by atoms with Crippen molar-refractivity contribution < 1.29 is 4.79 Å². The Morgan fingerprint density at radius 2 is 2.07 bits per heavy atom. The third-order valence-electron chi connectivity index (χ3n) is 3.37. The standard InChI is InChI=1S/C12H17NO/c1-12(6-3-2-4-7-12)11(14)10-5-8-13-9-10/h5,8-9,13H,2-4,6-7H2,1H3. The van der Waals surface area contributed by atoms with Gasteiger partial charge in [-0.2, -0.15) is 0 Å². The van der Waals surface area contributed by atoms with Crippen LogP contribution in [0, 0.1) is 5.41 Å². The van der Waals surface area contributed by atoms with E-state index in [-0.39, 0.29) is 5.41 Å². The molecule has 0 radical (unpaired) electrons. The van der Waals surface area contributed by atoms with Crippen molar-refractivity contribution in [2.45, 2.75) is 39.0 Å². The van der Waals surface area contributed by atoms with Crippen LogP contribution < -0.4 is 0 Å². The molecule has 1 aliphatic rings. The van der Waals surface area contributed by atoms with Gasteiger partial charge in [0.05, 0.1) is 0 Å². The van der Waals surface area contributed by atoms with Gasteiger partial charge in [0, 0.05) is 23.4 Å². The van der Waals surface area contributed by atoms with E-state index in [1.54, 1.807) is 0 Å². The maximum Gasteiger partial charge on any atom is 0.170 e. The third kappa shape index (κ3) is 1.61. The van der Waals surface area contributed by atoms with Crippen molar-refractivity contribution in [1.29, 1.82) is 0 Å². The second-order valence-corrected chi connectivity index (χ2v) is 4.55. The lowest BCUT2D eigenvalue weighted by Crippen LogP contribution is -2.30. The molecule has 2 heteroatoms. The van der Waals surface area contributed by atoms with Gasteiger partial charge in [-0.1, -0.05) is 26.2 Å². The van der Waals surface area contributed by atoms with E-state index in [1.165, 1.54) is 19.3 Å². The maximum absolute atomic E-state index is 12.2. The van der Waals surface area contributed by atoms with Gasteiger partial charge in [-0.15, -0.1) is 0 Å². The van der Waals surface area contributed by atoms with Crippen molar-refractivity contribution in [2.75, 3.05) is 0 Å². The summed E-state index contributed by atoms with van der Waals surface area (Å²) in [5.74, 6) is 0.318. The minimum atomic E-state index is -0.0968. The van der Waals surface area contributed by atoms with Crippen LogP contribution in [0.1, 0.15) is 49.4 Å². The molecule has 1 aliphatic carbocycles. The zero-order valence-electron chi connectivity index (χ0n) is 8.68. The summed E-state index contributed by atoms with van der Waals surface area (Å²) in [4.78, 5) is 15.1. The highest BCUT2D eigenvalue weighted by Crippen LogP contribution is 2.38. The highest BCUT2D eigenvalue weighted by molar-refractivity contribution is 6.00. The Balaban J connectivity index is 2.17. The first-order valence-corrected chi connectivity index (χ1v) is 5.40. The maximum atomic E-state index is 12.2. The van der Waals surface area contributed by atoms with Crippen LogP contribution in [0.3, 0.4) is 0 Å². The zero-order chi connectivity index (χ0) is 10.0. The van der Waals surface area contributed by atoms with E-state index in [0.717, 1.165) is 18.4 Å². The number of H-pyrrole nitrogens is 1. The fourth-order valence-electron chi connectivity index (χ4n) is 2.37. The first-order chi connectivity index (χ1) is 6.72. The molecular weight excluding hydrogens is 174 g/mol. The molecule has 1 saturated carbocycles. The Morgan fingerprint density at radius 1 is 1.36 bits per heavy atom. The van der Waals surface area contributed by atoms with E-state index in [4.69, 9.17) is 0 Å². The normalized spacial score (nSPS) is 20.6. The SMILES string of the molecule is CC1(C(=O)c2cc[nH]c2)CCCCC1. The Morgan fingerprint density at radius 3 is 2.64 bits per heavy atom. The third-order valence-corrected chi connectivity index (χ3v) is 3.37. The van der Waals surface area contributed by atoms with E-state index < -0.39 is 0 Å². The smallest absolute Gasteiger partial charge is 0.170 e. The monoisotopic (exact) mass is 191 g/mol.